The van der Waals surface area contributed by atoms with Crippen LogP contribution < -0.4 is 0 Å². The van der Waals surface area contributed by atoms with Gasteiger partial charge in [-0.05, 0) is 48.0 Å². The molecular weight excluding hydrogens is 740 g/mol. The van der Waals surface area contributed by atoms with Crippen molar-refractivity contribution in [1.82, 2.24) is 0 Å². The van der Waals surface area contributed by atoms with Crippen molar-refractivity contribution in [3.05, 3.63) is 0 Å². The highest BCUT2D eigenvalue weighted by Crippen LogP contribution is 2.09. The first-order valence-electron chi connectivity index (χ1n) is 19.9. The predicted molar refractivity (Wildman–Crippen MR) is 208 cm³/mol. The van der Waals surface area contributed by atoms with Gasteiger partial charge in [0.05, 0.1) is 171 Å². The van der Waals surface area contributed by atoms with Gasteiger partial charge < -0.3 is 71.4 Å². The van der Waals surface area contributed by atoms with E-state index in [0.717, 1.165) is 13.0 Å². The Morgan fingerprint density at radius 2 is 0.536 bits per heavy atom. The Balaban J connectivity index is 0. The fourth-order valence-electron chi connectivity index (χ4n) is 3.71. The summed E-state index contributed by atoms with van der Waals surface area (Å²) in [7, 11) is 0. The highest BCUT2D eigenvalue weighted by atomic mass is 16.6. The molecule has 0 atom stereocenters. The molecule has 0 aliphatic carbocycles. The molecule has 0 fully saturated rings. The van der Waals surface area contributed by atoms with Crippen LogP contribution in [0, 0.1) is 0 Å². The van der Waals surface area contributed by atoms with Crippen LogP contribution in [0.1, 0.15) is 67.7 Å². The van der Waals surface area contributed by atoms with E-state index in [1.54, 1.807) is 0 Å². The molecule has 0 radical (unpaired) electrons. The lowest BCUT2D eigenvalue weighted by atomic mass is 10.2. The van der Waals surface area contributed by atoms with Crippen molar-refractivity contribution in [1.29, 1.82) is 0 Å². The summed E-state index contributed by atoms with van der Waals surface area (Å²) in [5.74, 6) is -0.515. The van der Waals surface area contributed by atoms with E-state index in [9.17, 15) is 9.59 Å². The van der Waals surface area contributed by atoms with E-state index in [1.165, 1.54) is 0 Å². The van der Waals surface area contributed by atoms with E-state index in [0.29, 0.717) is 152 Å². The van der Waals surface area contributed by atoms with Gasteiger partial charge >= 0.3 is 11.9 Å². The summed E-state index contributed by atoms with van der Waals surface area (Å²) in [5, 5.41) is 8.52. The highest BCUT2D eigenvalue weighted by Gasteiger charge is 2.16. The van der Waals surface area contributed by atoms with Crippen molar-refractivity contribution in [2.75, 3.05) is 165 Å². The number of aliphatic hydroxyl groups is 1. The topological polar surface area (TPSA) is 184 Å². The second-order valence-electron chi connectivity index (χ2n) is 13.7. The van der Waals surface area contributed by atoms with Crippen molar-refractivity contribution in [3.63, 3.8) is 0 Å². The smallest absolute Gasteiger partial charge is 0.308 e. The van der Waals surface area contributed by atoms with Crippen molar-refractivity contribution < 1.29 is 81.0 Å². The summed E-state index contributed by atoms with van der Waals surface area (Å²) in [6, 6.07) is 0. The number of aliphatic hydroxyl groups excluding tert-OH is 1. The first-order chi connectivity index (χ1) is 26.9. The number of esters is 2. The van der Waals surface area contributed by atoms with E-state index in [1.807, 2.05) is 41.5 Å². The number of carbonyl (C=O) groups excluding carboxylic acids is 2. The van der Waals surface area contributed by atoms with Gasteiger partial charge in [0.1, 0.15) is 11.2 Å². The molecule has 0 saturated carbocycles. The summed E-state index contributed by atoms with van der Waals surface area (Å²) < 4.78 is 74.3. The largest absolute Gasteiger partial charge is 0.460 e. The summed E-state index contributed by atoms with van der Waals surface area (Å²) >= 11 is 0. The van der Waals surface area contributed by atoms with Crippen LogP contribution in [-0.4, -0.2) is 193 Å². The van der Waals surface area contributed by atoms with Crippen LogP contribution in [0.15, 0.2) is 0 Å². The fraction of sp³-hybridized carbons (Fsp3) is 0.949. The number of hydrogen-bond donors (Lipinski definition) is 1. The molecule has 1 N–H and O–H groups in total. The van der Waals surface area contributed by atoms with Crippen molar-refractivity contribution >= 4 is 11.9 Å². The zero-order valence-electron chi connectivity index (χ0n) is 35.8. The normalized spacial score (nSPS) is 11.7. The first-order valence-corrected chi connectivity index (χ1v) is 19.9. The van der Waals surface area contributed by atoms with E-state index in [-0.39, 0.29) is 31.4 Å². The molecule has 0 amide bonds. The van der Waals surface area contributed by atoms with E-state index in [2.05, 4.69) is 6.92 Å². The van der Waals surface area contributed by atoms with Crippen LogP contribution in [0.3, 0.4) is 0 Å². The Morgan fingerprint density at radius 1 is 0.339 bits per heavy atom. The minimum atomic E-state index is -0.463. The van der Waals surface area contributed by atoms with E-state index in [4.69, 9.17) is 71.4 Å². The van der Waals surface area contributed by atoms with Gasteiger partial charge in [0.2, 0.25) is 0 Å². The van der Waals surface area contributed by atoms with Crippen LogP contribution in [0.2, 0.25) is 0 Å². The van der Waals surface area contributed by atoms with E-state index < -0.39 is 11.2 Å². The molecule has 0 aromatic heterocycles. The summed E-state index contributed by atoms with van der Waals surface area (Å²) in [5.41, 5.74) is -0.919. The van der Waals surface area contributed by atoms with Crippen molar-refractivity contribution in [3.8, 4) is 0 Å². The Morgan fingerprint density at radius 3 is 0.732 bits per heavy atom. The van der Waals surface area contributed by atoms with Crippen molar-refractivity contribution in [2.45, 2.75) is 78.9 Å². The molecular formula is C39H78O17. The summed E-state index contributed by atoms with van der Waals surface area (Å²) in [6.45, 7) is 25.0. The zero-order chi connectivity index (χ0) is 41.9. The third kappa shape index (κ3) is 54.5. The molecule has 0 saturated heterocycles. The van der Waals surface area contributed by atoms with Crippen LogP contribution in [-0.2, 0) is 75.9 Å². The SMILES string of the molecule is CC(C)(C)OC(=O)CCOCCOCCOCCOCCOCCOCCO.CCCOCCOCCOCCOCCOCCOCCC(=O)OC(C)(C)C. The minimum absolute atomic E-state index is 0.0256. The maximum Gasteiger partial charge on any atom is 0.308 e. The molecule has 0 unspecified atom stereocenters. The van der Waals surface area contributed by atoms with Gasteiger partial charge in [-0.2, -0.15) is 0 Å². The van der Waals surface area contributed by atoms with Gasteiger partial charge in [-0.3, -0.25) is 9.59 Å². The second-order valence-corrected chi connectivity index (χ2v) is 13.7. The average Bonchev–Trinajstić information content (AvgIpc) is 3.12. The fourth-order valence-corrected chi connectivity index (χ4v) is 3.71. The van der Waals surface area contributed by atoms with Gasteiger partial charge in [0, 0.05) is 6.61 Å². The number of ether oxygens (including phenoxy) is 14. The number of rotatable bonds is 40. The number of hydrogen-bond acceptors (Lipinski definition) is 17. The standard InChI is InChI=1S/C20H40O8.C19H38O9/c1-5-7-22-9-11-24-13-15-26-17-18-27-16-14-25-12-10-23-8-6-19(21)28-20(2,3)4;1-19(2,3)28-18(21)4-6-22-8-10-24-12-14-26-16-17-27-15-13-25-11-9-23-7-5-20/h5-18H2,1-4H3;20H,4-17H2,1-3H3. The van der Waals surface area contributed by atoms with Gasteiger partial charge in [0.25, 0.3) is 0 Å². The molecule has 0 aliphatic heterocycles. The summed E-state index contributed by atoms with van der Waals surface area (Å²) in [4.78, 5) is 22.9. The molecule has 0 aromatic carbocycles. The highest BCUT2D eigenvalue weighted by molar-refractivity contribution is 5.70. The van der Waals surface area contributed by atoms with Crippen LogP contribution in [0.4, 0.5) is 0 Å². The molecule has 0 heterocycles. The monoisotopic (exact) mass is 819 g/mol. The van der Waals surface area contributed by atoms with Gasteiger partial charge in [-0.1, -0.05) is 6.92 Å². The maximum absolute atomic E-state index is 11.5. The predicted octanol–water partition coefficient (Wildman–Crippen LogP) is 3.04. The lowest BCUT2D eigenvalue weighted by Crippen LogP contribution is -2.24. The molecule has 0 bridgehead atoms. The van der Waals surface area contributed by atoms with Gasteiger partial charge in [-0.25, -0.2) is 0 Å². The maximum atomic E-state index is 11.5. The molecule has 0 rings (SSSR count). The zero-order valence-corrected chi connectivity index (χ0v) is 35.8. The Kier molecular flexibility index (Phi) is 43.4. The molecule has 56 heavy (non-hydrogen) atoms. The van der Waals surface area contributed by atoms with Gasteiger partial charge in [-0.15, -0.1) is 0 Å². The lowest BCUT2D eigenvalue weighted by molar-refractivity contribution is -0.157. The van der Waals surface area contributed by atoms with Crippen molar-refractivity contribution in [2.24, 2.45) is 0 Å². The van der Waals surface area contributed by atoms with Crippen LogP contribution in [0.25, 0.3) is 0 Å². The van der Waals surface area contributed by atoms with Crippen LogP contribution in [0.5, 0.6) is 0 Å². The molecule has 17 nitrogen and oxygen atoms in total. The molecule has 0 spiro atoms. The third-order valence-electron chi connectivity index (χ3n) is 6.05. The Bertz CT molecular complexity index is 754. The second kappa shape index (κ2) is 43.0. The molecule has 17 heteroatoms. The minimum Gasteiger partial charge on any atom is -0.460 e. The Hall–Kier alpha value is -1.58. The quantitative estimate of drug-likeness (QED) is 0.0703. The summed E-state index contributed by atoms with van der Waals surface area (Å²) in [6.07, 6.45) is 1.51. The first kappa shape index (κ1) is 56.5. The molecule has 0 aromatic rings. The molecule has 336 valence electrons. The number of carbonyl (C=O) groups is 2. The lowest BCUT2D eigenvalue weighted by Gasteiger charge is -2.19. The van der Waals surface area contributed by atoms with Crippen LogP contribution >= 0.6 is 0 Å². The third-order valence-corrected chi connectivity index (χ3v) is 6.05. The molecule has 0 aliphatic rings. The van der Waals surface area contributed by atoms with E-state index >= 15 is 0 Å². The average molecular weight is 819 g/mol. The van der Waals surface area contributed by atoms with Gasteiger partial charge in [0.15, 0.2) is 0 Å². The Labute approximate surface area is 336 Å².